The van der Waals surface area contributed by atoms with Gasteiger partial charge in [0.2, 0.25) is 5.79 Å². The summed E-state index contributed by atoms with van der Waals surface area (Å²) in [6, 6.07) is 0. The molecule has 1 aliphatic heterocycles. The Morgan fingerprint density at radius 1 is 1.33 bits per heavy atom. The van der Waals surface area contributed by atoms with Gasteiger partial charge in [0.1, 0.15) is 0 Å². The minimum absolute atomic E-state index is 0.184. The molecule has 0 bridgehead atoms. The summed E-state index contributed by atoms with van der Waals surface area (Å²) in [5.74, 6) is -0.441. The summed E-state index contributed by atoms with van der Waals surface area (Å²) >= 11 is 3.51. The van der Waals surface area contributed by atoms with Gasteiger partial charge in [-0.3, -0.25) is 0 Å². The first kappa shape index (κ1) is 8.73. The number of hydrogen-bond acceptors (Lipinski definition) is 2. The first-order valence-electron chi connectivity index (χ1n) is 4.21. The standard InChI is InChI=1S/C9H13BrO2/c1-8(2)5-7(10)9(6-8)11-3-4-12-9/h5H,3-4,6H2,1-2H3. The van der Waals surface area contributed by atoms with Gasteiger partial charge >= 0.3 is 0 Å². The monoisotopic (exact) mass is 232 g/mol. The van der Waals surface area contributed by atoms with Crippen LogP contribution in [0.15, 0.2) is 10.6 Å². The van der Waals surface area contributed by atoms with Crippen LogP contribution in [0.2, 0.25) is 0 Å². The zero-order chi connectivity index (χ0) is 8.82. The number of hydrogen-bond donors (Lipinski definition) is 0. The van der Waals surface area contributed by atoms with Crippen LogP contribution < -0.4 is 0 Å². The highest BCUT2D eigenvalue weighted by Crippen LogP contribution is 2.49. The third kappa shape index (κ3) is 1.24. The van der Waals surface area contributed by atoms with Crippen molar-refractivity contribution in [2.45, 2.75) is 26.1 Å². The van der Waals surface area contributed by atoms with Crippen LogP contribution in [0, 0.1) is 5.41 Å². The summed E-state index contributed by atoms with van der Waals surface area (Å²) in [5.41, 5.74) is 0.184. The highest BCUT2D eigenvalue weighted by molar-refractivity contribution is 9.11. The van der Waals surface area contributed by atoms with E-state index in [2.05, 4.69) is 35.9 Å². The van der Waals surface area contributed by atoms with Crippen LogP contribution in [-0.4, -0.2) is 19.0 Å². The maximum absolute atomic E-state index is 5.61. The Balaban J connectivity index is 2.26. The van der Waals surface area contributed by atoms with E-state index in [0.29, 0.717) is 13.2 Å². The topological polar surface area (TPSA) is 18.5 Å². The molecule has 1 aliphatic carbocycles. The highest BCUT2D eigenvalue weighted by atomic mass is 79.9. The normalized spacial score (nSPS) is 31.1. The number of halogens is 1. The van der Waals surface area contributed by atoms with E-state index >= 15 is 0 Å². The van der Waals surface area contributed by atoms with E-state index in [-0.39, 0.29) is 5.41 Å². The summed E-state index contributed by atoms with van der Waals surface area (Å²) in [6.45, 7) is 5.79. The number of allylic oxidation sites excluding steroid dienone is 1. The largest absolute Gasteiger partial charge is 0.343 e. The van der Waals surface area contributed by atoms with Crippen LogP contribution >= 0.6 is 15.9 Å². The van der Waals surface area contributed by atoms with Gasteiger partial charge in [0, 0.05) is 6.42 Å². The molecular weight excluding hydrogens is 220 g/mol. The van der Waals surface area contributed by atoms with Gasteiger partial charge in [-0.05, 0) is 5.41 Å². The molecule has 0 amide bonds. The zero-order valence-electron chi connectivity index (χ0n) is 7.39. The average molecular weight is 233 g/mol. The lowest BCUT2D eigenvalue weighted by Gasteiger charge is -2.25. The summed E-state index contributed by atoms with van der Waals surface area (Å²) in [6.07, 6.45) is 3.10. The van der Waals surface area contributed by atoms with E-state index in [1.807, 2.05) is 0 Å². The molecular formula is C9H13BrO2. The molecule has 2 aliphatic rings. The van der Waals surface area contributed by atoms with E-state index in [1.54, 1.807) is 0 Å². The lowest BCUT2D eigenvalue weighted by molar-refractivity contribution is -0.127. The molecule has 3 heteroatoms. The average Bonchev–Trinajstić information content (AvgIpc) is 2.42. The minimum Gasteiger partial charge on any atom is -0.343 e. The molecule has 0 aromatic rings. The van der Waals surface area contributed by atoms with E-state index in [1.165, 1.54) is 0 Å². The fourth-order valence-electron chi connectivity index (χ4n) is 1.88. The van der Waals surface area contributed by atoms with Gasteiger partial charge in [-0.2, -0.15) is 0 Å². The molecule has 1 spiro atoms. The van der Waals surface area contributed by atoms with Crippen LogP contribution in [0.5, 0.6) is 0 Å². The molecule has 0 aromatic heterocycles. The molecule has 0 radical (unpaired) electrons. The molecule has 0 unspecified atom stereocenters. The van der Waals surface area contributed by atoms with Crippen molar-refractivity contribution in [3.05, 3.63) is 10.6 Å². The van der Waals surface area contributed by atoms with Gasteiger partial charge in [0.15, 0.2) is 0 Å². The molecule has 0 N–H and O–H groups in total. The van der Waals surface area contributed by atoms with Gasteiger partial charge in [-0.15, -0.1) is 0 Å². The first-order valence-corrected chi connectivity index (χ1v) is 5.00. The first-order chi connectivity index (χ1) is 5.54. The summed E-state index contributed by atoms with van der Waals surface area (Å²) in [5, 5.41) is 0. The fraction of sp³-hybridized carbons (Fsp3) is 0.778. The van der Waals surface area contributed by atoms with Crippen LogP contribution in [0.25, 0.3) is 0 Å². The van der Waals surface area contributed by atoms with Crippen molar-refractivity contribution >= 4 is 15.9 Å². The quantitative estimate of drug-likeness (QED) is 0.639. The fourth-order valence-corrected chi connectivity index (χ4v) is 2.87. The second-order valence-corrected chi connectivity index (χ2v) is 4.96. The lowest BCUT2D eigenvalue weighted by Crippen LogP contribution is -2.29. The Kier molecular flexibility index (Phi) is 1.86. The Morgan fingerprint density at radius 3 is 2.33 bits per heavy atom. The van der Waals surface area contributed by atoms with E-state index in [0.717, 1.165) is 10.9 Å². The number of rotatable bonds is 0. The smallest absolute Gasteiger partial charge is 0.202 e. The van der Waals surface area contributed by atoms with Crippen molar-refractivity contribution in [1.82, 2.24) is 0 Å². The predicted molar refractivity (Wildman–Crippen MR) is 50.0 cm³/mol. The second-order valence-electron chi connectivity index (χ2n) is 4.11. The molecule has 68 valence electrons. The van der Waals surface area contributed by atoms with Crippen LogP contribution in [0.3, 0.4) is 0 Å². The summed E-state index contributed by atoms with van der Waals surface area (Å²) < 4.78 is 12.3. The van der Waals surface area contributed by atoms with Crippen molar-refractivity contribution in [2.75, 3.05) is 13.2 Å². The highest BCUT2D eigenvalue weighted by Gasteiger charge is 2.48. The van der Waals surface area contributed by atoms with Crippen LogP contribution in [-0.2, 0) is 9.47 Å². The molecule has 0 saturated carbocycles. The minimum atomic E-state index is -0.441. The van der Waals surface area contributed by atoms with Crippen molar-refractivity contribution in [2.24, 2.45) is 5.41 Å². The molecule has 1 heterocycles. The van der Waals surface area contributed by atoms with Gasteiger partial charge in [0.05, 0.1) is 17.7 Å². The summed E-state index contributed by atoms with van der Waals surface area (Å²) in [7, 11) is 0. The molecule has 1 saturated heterocycles. The van der Waals surface area contributed by atoms with Gasteiger partial charge in [-0.1, -0.05) is 35.9 Å². The molecule has 2 nitrogen and oxygen atoms in total. The van der Waals surface area contributed by atoms with Gasteiger partial charge in [0.25, 0.3) is 0 Å². The Bertz CT molecular complexity index is 227. The van der Waals surface area contributed by atoms with Crippen LogP contribution in [0.1, 0.15) is 20.3 Å². The Morgan fingerprint density at radius 2 is 1.92 bits per heavy atom. The number of ether oxygens (including phenoxy) is 2. The van der Waals surface area contributed by atoms with Crippen LogP contribution in [0.4, 0.5) is 0 Å². The van der Waals surface area contributed by atoms with Crippen molar-refractivity contribution < 1.29 is 9.47 Å². The lowest BCUT2D eigenvalue weighted by atomic mass is 9.92. The molecule has 0 aromatic carbocycles. The predicted octanol–water partition coefficient (Wildman–Crippen LogP) is 2.44. The van der Waals surface area contributed by atoms with Gasteiger partial charge in [-0.25, -0.2) is 0 Å². The SMILES string of the molecule is CC1(C)C=C(Br)C2(C1)OCCO2. The molecule has 2 rings (SSSR count). The van der Waals surface area contributed by atoms with Gasteiger partial charge < -0.3 is 9.47 Å². The zero-order valence-corrected chi connectivity index (χ0v) is 8.98. The maximum Gasteiger partial charge on any atom is 0.202 e. The Labute approximate surface area is 81.1 Å². The third-order valence-electron chi connectivity index (χ3n) is 2.32. The van der Waals surface area contributed by atoms with Crippen molar-refractivity contribution in [1.29, 1.82) is 0 Å². The summed E-state index contributed by atoms with van der Waals surface area (Å²) in [4.78, 5) is 0. The van der Waals surface area contributed by atoms with E-state index < -0.39 is 5.79 Å². The van der Waals surface area contributed by atoms with E-state index in [4.69, 9.17) is 9.47 Å². The van der Waals surface area contributed by atoms with E-state index in [9.17, 15) is 0 Å². The molecule has 12 heavy (non-hydrogen) atoms. The van der Waals surface area contributed by atoms with Crippen molar-refractivity contribution in [3.8, 4) is 0 Å². The Hall–Kier alpha value is 0.140. The molecule has 0 atom stereocenters. The molecule has 1 fully saturated rings. The van der Waals surface area contributed by atoms with Crippen molar-refractivity contribution in [3.63, 3.8) is 0 Å². The second kappa shape index (κ2) is 2.56. The third-order valence-corrected chi connectivity index (χ3v) is 3.16. The maximum atomic E-state index is 5.61.